The molecule has 210 valence electrons. The number of amides is 2. The van der Waals surface area contributed by atoms with Gasteiger partial charge in [-0.1, -0.05) is 33.8 Å². The van der Waals surface area contributed by atoms with Crippen LogP contribution in [0.25, 0.3) is 0 Å². The second-order valence-corrected chi connectivity index (χ2v) is 13.0. The lowest BCUT2D eigenvalue weighted by molar-refractivity contribution is -0.128. The quantitative estimate of drug-likeness (QED) is 0.609. The van der Waals surface area contributed by atoms with Crippen LogP contribution in [0.15, 0.2) is 30.5 Å². The van der Waals surface area contributed by atoms with Crippen LogP contribution in [0.2, 0.25) is 0 Å². The van der Waals surface area contributed by atoms with Crippen molar-refractivity contribution in [2.75, 3.05) is 44.2 Å². The molecule has 0 aliphatic carbocycles. The molecule has 7 nitrogen and oxygen atoms in total. The molecule has 0 spiro atoms. The molecule has 0 saturated carbocycles. The zero-order chi connectivity index (χ0) is 28.1. The van der Waals surface area contributed by atoms with Crippen LogP contribution in [0.5, 0.6) is 0 Å². The third-order valence-electron chi connectivity index (χ3n) is 8.22. The minimum atomic E-state index is -0.611. The summed E-state index contributed by atoms with van der Waals surface area (Å²) in [6.45, 7) is 14.0. The van der Waals surface area contributed by atoms with Gasteiger partial charge in [0.25, 0.3) is 0 Å². The molecule has 9 heteroatoms. The highest BCUT2D eigenvalue weighted by Crippen LogP contribution is 2.40. The van der Waals surface area contributed by atoms with E-state index in [1.165, 1.54) is 12.1 Å². The predicted molar refractivity (Wildman–Crippen MR) is 147 cm³/mol. The van der Waals surface area contributed by atoms with Gasteiger partial charge in [0.15, 0.2) is 0 Å². The maximum Gasteiger partial charge on any atom is 0.241 e. The fraction of sp³-hybridized carbons (Fsp3) is 0.567. The molecule has 1 N–H and O–H groups in total. The molecule has 2 fully saturated rings. The van der Waals surface area contributed by atoms with Crippen molar-refractivity contribution in [2.24, 2.45) is 5.41 Å². The first-order valence-corrected chi connectivity index (χ1v) is 13.8. The highest BCUT2D eigenvalue weighted by molar-refractivity contribution is 5.97. The van der Waals surface area contributed by atoms with Crippen molar-refractivity contribution in [3.63, 3.8) is 0 Å². The molecule has 0 bridgehead atoms. The van der Waals surface area contributed by atoms with Crippen LogP contribution in [0.4, 0.5) is 14.5 Å². The normalized spacial score (nSPS) is 24.3. The molecule has 3 aliphatic rings. The first-order chi connectivity index (χ1) is 18.3. The third kappa shape index (κ3) is 5.84. The Morgan fingerprint density at radius 2 is 1.92 bits per heavy atom. The van der Waals surface area contributed by atoms with Crippen LogP contribution in [0.1, 0.15) is 57.9 Å². The second-order valence-electron chi connectivity index (χ2n) is 13.0. The SMILES string of the molecule is CC1CN(CC(=O)N2CC(C)(C)c3ncc(Cc4ccc(F)cc4F)cc32)C(CN2CC(C)(C)CC2=O)CN1. The average Bonchev–Trinajstić information content (AvgIpc) is 3.27. The van der Waals surface area contributed by atoms with Gasteiger partial charge < -0.3 is 15.1 Å². The van der Waals surface area contributed by atoms with E-state index in [9.17, 15) is 18.4 Å². The van der Waals surface area contributed by atoms with E-state index in [2.05, 4.69) is 44.8 Å². The maximum atomic E-state index is 14.3. The lowest BCUT2D eigenvalue weighted by Crippen LogP contribution is -2.61. The highest BCUT2D eigenvalue weighted by Gasteiger charge is 2.42. The summed E-state index contributed by atoms with van der Waals surface area (Å²) in [5.41, 5.74) is 2.38. The first kappa shape index (κ1) is 27.6. The topological polar surface area (TPSA) is 68.8 Å². The molecule has 0 radical (unpaired) electrons. The number of likely N-dealkylation sites (tertiary alicyclic amines) is 1. The van der Waals surface area contributed by atoms with E-state index in [4.69, 9.17) is 4.98 Å². The van der Waals surface area contributed by atoms with E-state index < -0.39 is 11.6 Å². The Bertz CT molecular complexity index is 1280. The number of nitrogens with zero attached hydrogens (tertiary/aromatic N) is 4. The second kappa shape index (κ2) is 10.2. The van der Waals surface area contributed by atoms with Gasteiger partial charge in [0.2, 0.25) is 11.8 Å². The molecule has 3 aliphatic heterocycles. The van der Waals surface area contributed by atoms with Crippen molar-refractivity contribution in [3.8, 4) is 0 Å². The lowest BCUT2D eigenvalue weighted by Gasteiger charge is -2.41. The molecule has 2 amide bonds. The van der Waals surface area contributed by atoms with Crippen molar-refractivity contribution in [3.05, 3.63) is 58.9 Å². The van der Waals surface area contributed by atoms with Crippen LogP contribution >= 0.6 is 0 Å². The predicted octanol–water partition coefficient (Wildman–Crippen LogP) is 3.50. The minimum Gasteiger partial charge on any atom is -0.341 e. The monoisotopic (exact) mass is 539 g/mol. The van der Waals surface area contributed by atoms with Crippen molar-refractivity contribution >= 4 is 17.5 Å². The molecule has 5 rings (SSSR count). The maximum absolute atomic E-state index is 14.3. The Morgan fingerprint density at radius 3 is 2.62 bits per heavy atom. The molecular weight excluding hydrogens is 500 g/mol. The lowest BCUT2D eigenvalue weighted by atomic mass is 9.91. The number of hydrogen-bond donors (Lipinski definition) is 1. The van der Waals surface area contributed by atoms with E-state index in [0.717, 1.165) is 36.1 Å². The fourth-order valence-electron chi connectivity index (χ4n) is 6.25. The summed E-state index contributed by atoms with van der Waals surface area (Å²) in [7, 11) is 0. The van der Waals surface area contributed by atoms with Gasteiger partial charge >= 0.3 is 0 Å². The standard InChI is InChI=1S/C30H39F2N5O2/c1-19-14-35(23(13-33-19)15-36-17-29(2,3)11-26(36)38)16-27(39)37-18-30(4,5)28-25(37)9-20(12-34-28)8-21-6-7-22(31)10-24(21)32/h6-7,9-10,12,19,23,33H,8,11,13-18H2,1-5H3. The summed E-state index contributed by atoms with van der Waals surface area (Å²) < 4.78 is 27.7. The number of benzene rings is 1. The number of carbonyl (C=O) groups is 2. The number of halogens is 2. The van der Waals surface area contributed by atoms with Crippen molar-refractivity contribution < 1.29 is 18.4 Å². The van der Waals surface area contributed by atoms with E-state index >= 15 is 0 Å². The van der Waals surface area contributed by atoms with Gasteiger partial charge in [0.1, 0.15) is 11.6 Å². The number of nitrogens with one attached hydrogen (secondary N) is 1. The Labute approximate surface area is 229 Å². The number of carbonyl (C=O) groups excluding carboxylic acids is 2. The van der Waals surface area contributed by atoms with E-state index in [1.54, 1.807) is 11.1 Å². The summed E-state index contributed by atoms with van der Waals surface area (Å²) in [5.74, 6) is -1.04. The zero-order valence-corrected chi connectivity index (χ0v) is 23.6. The minimum absolute atomic E-state index is 0.0130. The number of piperazine rings is 1. The van der Waals surface area contributed by atoms with Crippen molar-refractivity contribution in [1.82, 2.24) is 20.1 Å². The summed E-state index contributed by atoms with van der Waals surface area (Å²) >= 11 is 0. The van der Waals surface area contributed by atoms with Gasteiger partial charge in [-0.25, -0.2) is 8.78 Å². The molecule has 4 heterocycles. The van der Waals surface area contributed by atoms with E-state index in [0.29, 0.717) is 31.6 Å². The molecule has 2 atom stereocenters. The van der Waals surface area contributed by atoms with Gasteiger partial charge in [-0.3, -0.25) is 19.5 Å². The van der Waals surface area contributed by atoms with Crippen LogP contribution in [-0.2, 0) is 21.4 Å². The Kier molecular flexibility index (Phi) is 7.26. The number of pyridine rings is 1. The number of hydrogen-bond acceptors (Lipinski definition) is 5. The van der Waals surface area contributed by atoms with Gasteiger partial charge in [0.05, 0.1) is 17.9 Å². The first-order valence-electron chi connectivity index (χ1n) is 13.8. The highest BCUT2D eigenvalue weighted by atomic mass is 19.1. The molecular formula is C30H39F2N5O2. The largest absolute Gasteiger partial charge is 0.341 e. The van der Waals surface area contributed by atoms with Gasteiger partial charge in [0, 0.05) is 75.3 Å². The molecule has 2 aromatic rings. The summed E-state index contributed by atoms with van der Waals surface area (Å²) in [6.07, 6.45) is 2.53. The smallest absolute Gasteiger partial charge is 0.241 e. The van der Waals surface area contributed by atoms with Crippen LogP contribution in [0, 0.1) is 17.0 Å². The Morgan fingerprint density at radius 1 is 1.15 bits per heavy atom. The summed E-state index contributed by atoms with van der Waals surface area (Å²) in [6, 6.07) is 5.78. The third-order valence-corrected chi connectivity index (χ3v) is 8.22. The fourth-order valence-corrected chi connectivity index (χ4v) is 6.25. The summed E-state index contributed by atoms with van der Waals surface area (Å²) in [5, 5.41) is 3.51. The van der Waals surface area contributed by atoms with Crippen LogP contribution < -0.4 is 10.2 Å². The average molecular weight is 540 g/mol. The molecule has 1 aromatic carbocycles. The molecule has 1 aromatic heterocycles. The number of fused-ring (bicyclic) bond motifs is 1. The van der Waals surface area contributed by atoms with Crippen molar-refractivity contribution in [1.29, 1.82) is 0 Å². The van der Waals surface area contributed by atoms with Crippen molar-refractivity contribution in [2.45, 2.75) is 65.0 Å². The van der Waals surface area contributed by atoms with E-state index in [1.807, 2.05) is 11.0 Å². The van der Waals surface area contributed by atoms with Gasteiger partial charge in [-0.15, -0.1) is 0 Å². The van der Waals surface area contributed by atoms with Gasteiger partial charge in [-0.2, -0.15) is 0 Å². The van der Waals surface area contributed by atoms with Crippen LogP contribution in [-0.4, -0.2) is 78.0 Å². The summed E-state index contributed by atoms with van der Waals surface area (Å²) in [4.78, 5) is 37.1. The molecule has 2 unspecified atom stereocenters. The number of rotatable bonds is 6. The number of anilines is 1. The Balaban J connectivity index is 1.34. The van der Waals surface area contributed by atoms with Gasteiger partial charge in [-0.05, 0) is 35.6 Å². The number of aromatic nitrogens is 1. The Hall–Kier alpha value is -2.91. The van der Waals surface area contributed by atoms with E-state index in [-0.39, 0.29) is 47.7 Å². The molecule has 39 heavy (non-hydrogen) atoms. The molecule has 2 saturated heterocycles. The van der Waals surface area contributed by atoms with Crippen LogP contribution in [0.3, 0.4) is 0 Å². The zero-order valence-electron chi connectivity index (χ0n) is 23.6.